The van der Waals surface area contributed by atoms with Gasteiger partial charge in [-0.3, -0.25) is 4.90 Å². The van der Waals surface area contributed by atoms with Gasteiger partial charge < -0.3 is 9.64 Å². The number of anilines is 1. The number of fused-ring (bicyclic) bond motifs is 1. The van der Waals surface area contributed by atoms with Gasteiger partial charge in [0.2, 0.25) is 5.28 Å². The molecule has 0 unspecified atom stereocenters. The summed E-state index contributed by atoms with van der Waals surface area (Å²) in [5.41, 5.74) is 2.81. The molecule has 2 aliphatic heterocycles. The molecule has 2 aliphatic rings. The van der Waals surface area contributed by atoms with Crippen LogP contribution in [-0.4, -0.2) is 69.3 Å². The molecule has 0 aliphatic carbocycles. The van der Waals surface area contributed by atoms with Gasteiger partial charge in [0.15, 0.2) is 17.0 Å². The van der Waals surface area contributed by atoms with Crippen LogP contribution in [0.25, 0.3) is 11.2 Å². The molecular weight excluding hydrogens is 390 g/mol. The Morgan fingerprint density at radius 1 is 1.00 bits per heavy atom. The number of rotatable bonds is 4. The number of benzene rings is 1. The number of halogens is 1. The van der Waals surface area contributed by atoms with Crippen molar-refractivity contribution in [3.05, 3.63) is 41.2 Å². The lowest BCUT2D eigenvalue weighted by Crippen LogP contribution is -2.37. The van der Waals surface area contributed by atoms with E-state index in [9.17, 15) is 0 Å². The van der Waals surface area contributed by atoms with Gasteiger partial charge >= 0.3 is 0 Å². The van der Waals surface area contributed by atoms with E-state index in [0.29, 0.717) is 13.2 Å². The quantitative estimate of drug-likeness (QED) is 0.608. The Morgan fingerprint density at radius 2 is 1.76 bits per heavy atom. The van der Waals surface area contributed by atoms with Crippen molar-refractivity contribution in [2.75, 3.05) is 44.3 Å². The Morgan fingerprint density at radius 3 is 2.52 bits per heavy atom. The topological polar surface area (TPSA) is 72.2 Å². The monoisotopic (exact) mass is 413 g/mol. The van der Waals surface area contributed by atoms with Crippen molar-refractivity contribution in [1.82, 2.24) is 29.9 Å². The Labute approximate surface area is 174 Å². The van der Waals surface area contributed by atoms with Gasteiger partial charge in [0.1, 0.15) is 0 Å². The molecule has 0 N–H and O–H groups in total. The van der Waals surface area contributed by atoms with Crippen LogP contribution in [-0.2, 0) is 11.3 Å². The van der Waals surface area contributed by atoms with Crippen molar-refractivity contribution in [1.29, 1.82) is 0 Å². The second-order valence-corrected chi connectivity index (χ2v) is 7.95. The molecule has 0 spiro atoms. The van der Waals surface area contributed by atoms with E-state index in [1.54, 1.807) is 0 Å². The van der Waals surface area contributed by atoms with E-state index in [1.807, 2.05) is 4.68 Å². The van der Waals surface area contributed by atoms with Crippen LogP contribution < -0.4 is 4.90 Å². The molecule has 3 aromatic rings. The first-order chi connectivity index (χ1) is 14.3. The van der Waals surface area contributed by atoms with Crippen molar-refractivity contribution < 1.29 is 4.74 Å². The number of hydrogen-bond acceptors (Lipinski definition) is 7. The molecule has 0 amide bonds. The predicted molar refractivity (Wildman–Crippen MR) is 111 cm³/mol. The molecule has 2 fully saturated rings. The Hall–Kier alpha value is -2.29. The van der Waals surface area contributed by atoms with Gasteiger partial charge in [0.25, 0.3) is 0 Å². The van der Waals surface area contributed by atoms with Crippen molar-refractivity contribution in [2.45, 2.75) is 25.4 Å². The van der Waals surface area contributed by atoms with Crippen molar-refractivity contribution in [3.8, 4) is 0 Å². The van der Waals surface area contributed by atoms with Crippen LogP contribution in [0.2, 0.25) is 5.28 Å². The van der Waals surface area contributed by atoms with Crippen LogP contribution in [0.1, 0.15) is 24.4 Å². The summed E-state index contributed by atoms with van der Waals surface area (Å²) in [6.45, 7) is 5.93. The number of hydrogen-bond donors (Lipinski definition) is 0. The van der Waals surface area contributed by atoms with Gasteiger partial charge in [-0.25, -0.2) is 4.68 Å². The molecule has 9 heteroatoms. The highest BCUT2D eigenvalue weighted by Gasteiger charge is 2.26. The summed E-state index contributed by atoms with van der Waals surface area (Å²) < 4.78 is 7.40. The van der Waals surface area contributed by atoms with Crippen molar-refractivity contribution >= 4 is 28.6 Å². The maximum absolute atomic E-state index is 6.27. The maximum Gasteiger partial charge on any atom is 0.226 e. The summed E-state index contributed by atoms with van der Waals surface area (Å²) in [6.07, 6.45) is 2.03. The molecule has 2 aromatic heterocycles. The fraction of sp³-hybridized carbons (Fsp3) is 0.500. The Kier molecular flexibility index (Phi) is 5.30. The molecule has 0 radical (unpaired) electrons. The first-order valence-electron chi connectivity index (χ1n) is 10.2. The third-order valence-corrected chi connectivity index (χ3v) is 5.91. The SMILES string of the molecule is Clc1nc(N2CCOCC2)c2nnn(C3CCN(Cc4ccccc4)CC3)c2n1. The second kappa shape index (κ2) is 8.22. The largest absolute Gasteiger partial charge is 0.378 e. The first kappa shape index (κ1) is 18.7. The standard InChI is InChI=1S/C20H24ClN7O/c21-20-22-18(27-10-12-29-13-11-27)17-19(23-20)28(25-24-17)16-6-8-26(9-7-16)14-15-4-2-1-3-5-15/h1-5,16H,6-14H2. The zero-order chi connectivity index (χ0) is 19.6. The van der Waals surface area contributed by atoms with Crippen LogP contribution >= 0.6 is 11.6 Å². The van der Waals surface area contributed by atoms with Gasteiger partial charge in [0, 0.05) is 32.7 Å². The van der Waals surface area contributed by atoms with Gasteiger partial charge in [-0.2, -0.15) is 9.97 Å². The highest BCUT2D eigenvalue weighted by Crippen LogP contribution is 2.29. The minimum Gasteiger partial charge on any atom is -0.378 e. The lowest BCUT2D eigenvalue weighted by Gasteiger charge is -2.32. The predicted octanol–water partition coefficient (Wildman–Crippen LogP) is 2.55. The third kappa shape index (κ3) is 3.92. The molecule has 8 nitrogen and oxygen atoms in total. The number of aromatic nitrogens is 5. The van der Waals surface area contributed by atoms with Crippen LogP contribution in [0.3, 0.4) is 0 Å². The Balaban J connectivity index is 1.34. The molecule has 0 saturated carbocycles. The highest BCUT2D eigenvalue weighted by molar-refractivity contribution is 6.28. The molecule has 4 heterocycles. The summed E-state index contributed by atoms with van der Waals surface area (Å²) in [6, 6.07) is 10.9. The minimum absolute atomic E-state index is 0.240. The van der Waals surface area contributed by atoms with Gasteiger partial charge in [-0.1, -0.05) is 35.5 Å². The summed E-state index contributed by atoms with van der Waals surface area (Å²) in [5, 5.41) is 9.12. The zero-order valence-electron chi connectivity index (χ0n) is 16.2. The zero-order valence-corrected chi connectivity index (χ0v) is 17.0. The van der Waals surface area contributed by atoms with Gasteiger partial charge in [-0.05, 0) is 30.0 Å². The normalized spacial score (nSPS) is 19.1. The molecule has 0 bridgehead atoms. The van der Waals surface area contributed by atoms with E-state index >= 15 is 0 Å². The molecular formula is C20H24ClN7O. The fourth-order valence-electron chi connectivity index (χ4n) is 4.20. The minimum atomic E-state index is 0.240. The van der Waals surface area contributed by atoms with E-state index < -0.39 is 0 Å². The van der Waals surface area contributed by atoms with Crippen LogP contribution in [0, 0.1) is 0 Å². The second-order valence-electron chi connectivity index (χ2n) is 7.61. The first-order valence-corrected chi connectivity index (χ1v) is 10.5. The smallest absolute Gasteiger partial charge is 0.226 e. The summed E-state index contributed by atoms with van der Waals surface area (Å²) in [7, 11) is 0. The number of morpholine rings is 1. The van der Waals surface area contributed by atoms with E-state index in [1.165, 1.54) is 5.56 Å². The third-order valence-electron chi connectivity index (χ3n) is 5.74. The van der Waals surface area contributed by atoms with Crippen LogP contribution in [0.4, 0.5) is 5.82 Å². The lowest BCUT2D eigenvalue weighted by molar-refractivity contribution is 0.122. The fourth-order valence-corrected chi connectivity index (χ4v) is 4.36. The summed E-state index contributed by atoms with van der Waals surface area (Å²) in [4.78, 5) is 13.6. The molecule has 0 atom stereocenters. The van der Waals surface area contributed by atoms with E-state index in [0.717, 1.165) is 62.5 Å². The Bertz CT molecular complexity index is 966. The molecule has 2 saturated heterocycles. The number of ether oxygens (including phenoxy) is 1. The molecule has 152 valence electrons. The van der Waals surface area contributed by atoms with E-state index in [2.05, 4.69) is 60.4 Å². The van der Waals surface area contributed by atoms with E-state index in [4.69, 9.17) is 16.3 Å². The van der Waals surface area contributed by atoms with Crippen LogP contribution in [0.15, 0.2) is 30.3 Å². The van der Waals surface area contributed by atoms with Crippen molar-refractivity contribution in [3.63, 3.8) is 0 Å². The average Bonchev–Trinajstić information content (AvgIpc) is 3.19. The van der Waals surface area contributed by atoms with Crippen molar-refractivity contribution in [2.24, 2.45) is 0 Å². The number of nitrogens with zero attached hydrogens (tertiary/aromatic N) is 7. The summed E-state index contributed by atoms with van der Waals surface area (Å²) in [5.74, 6) is 0.760. The molecule has 5 rings (SSSR count). The maximum atomic E-state index is 6.27. The van der Waals surface area contributed by atoms with Gasteiger partial charge in [0.05, 0.1) is 19.3 Å². The van der Waals surface area contributed by atoms with E-state index in [-0.39, 0.29) is 11.3 Å². The summed E-state index contributed by atoms with van der Waals surface area (Å²) >= 11 is 6.27. The number of likely N-dealkylation sites (tertiary alicyclic amines) is 1. The average molecular weight is 414 g/mol. The highest BCUT2D eigenvalue weighted by atomic mass is 35.5. The van der Waals surface area contributed by atoms with Crippen LogP contribution in [0.5, 0.6) is 0 Å². The van der Waals surface area contributed by atoms with Gasteiger partial charge in [-0.15, -0.1) is 5.10 Å². The number of piperidine rings is 1. The lowest BCUT2D eigenvalue weighted by atomic mass is 10.0. The molecule has 29 heavy (non-hydrogen) atoms. The molecule has 1 aromatic carbocycles.